The van der Waals surface area contributed by atoms with E-state index in [2.05, 4.69) is 9.84 Å². The van der Waals surface area contributed by atoms with Crippen LogP contribution in [0.1, 0.15) is 26.7 Å². The Bertz CT molecular complexity index is 237. The molecule has 0 rings (SSSR count). The number of nitrogens with zero attached hydrogens (tertiary/aromatic N) is 1. The third-order valence-electron chi connectivity index (χ3n) is 2.36. The number of methoxy groups -OCH3 is 1. The van der Waals surface area contributed by atoms with Crippen molar-refractivity contribution >= 4 is 11.8 Å². The summed E-state index contributed by atoms with van der Waals surface area (Å²) in [5, 5.41) is 3.26. The number of hydrogen-bond donors (Lipinski definition) is 2. The van der Waals surface area contributed by atoms with Crippen molar-refractivity contribution in [1.29, 1.82) is 0 Å². The predicted molar refractivity (Wildman–Crippen MR) is 57.1 cm³/mol. The lowest BCUT2D eigenvalue weighted by molar-refractivity contribution is -0.168. The molecule has 6 heteroatoms. The largest absolute Gasteiger partial charge is 0.467 e. The van der Waals surface area contributed by atoms with Crippen molar-refractivity contribution in [2.75, 3.05) is 13.7 Å². The quantitative estimate of drug-likeness (QED) is 0.214. The van der Waals surface area contributed by atoms with Crippen molar-refractivity contribution < 1.29 is 14.3 Å². The van der Waals surface area contributed by atoms with Crippen LogP contribution >= 0.6 is 0 Å². The molecule has 0 aliphatic carbocycles. The van der Waals surface area contributed by atoms with Gasteiger partial charge in [-0.05, 0) is 12.8 Å². The number of amidine groups is 1. The third-order valence-corrected chi connectivity index (χ3v) is 2.36. The maximum absolute atomic E-state index is 11.5. The number of carbonyl (C=O) groups excluding carboxylic acids is 1. The van der Waals surface area contributed by atoms with Crippen molar-refractivity contribution in [1.82, 2.24) is 0 Å². The maximum atomic E-state index is 11.5. The van der Waals surface area contributed by atoms with Gasteiger partial charge in [0.15, 0.2) is 5.60 Å². The van der Waals surface area contributed by atoms with Crippen LogP contribution in [-0.4, -0.2) is 31.1 Å². The minimum Gasteiger partial charge on any atom is -0.467 e. The van der Waals surface area contributed by atoms with Crippen molar-refractivity contribution in [3.8, 4) is 0 Å². The highest BCUT2D eigenvalue weighted by Crippen LogP contribution is 2.21. The lowest BCUT2D eigenvalue weighted by atomic mass is 9.97. The highest BCUT2D eigenvalue weighted by molar-refractivity contribution is 5.83. The van der Waals surface area contributed by atoms with Gasteiger partial charge in [0.1, 0.15) is 12.4 Å². The van der Waals surface area contributed by atoms with Crippen LogP contribution in [0.3, 0.4) is 0 Å². The zero-order chi connectivity index (χ0) is 11.9. The summed E-state index contributed by atoms with van der Waals surface area (Å²) in [6, 6.07) is 0. The van der Waals surface area contributed by atoms with E-state index in [1.165, 1.54) is 7.11 Å². The molecule has 4 N–H and O–H groups in total. The van der Waals surface area contributed by atoms with E-state index in [1.54, 1.807) is 0 Å². The molecule has 0 aromatic heterocycles. The van der Waals surface area contributed by atoms with Crippen LogP contribution in [0, 0.1) is 0 Å². The predicted octanol–water partition coefficient (Wildman–Crippen LogP) is -0.0343. The van der Waals surface area contributed by atoms with Gasteiger partial charge >= 0.3 is 5.97 Å². The first-order valence-electron chi connectivity index (χ1n) is 4.80. The van der Waals surface area contributed by atoms with Gasteiger partial charge in [-0.15, -0.1) is 0 Å². The molecule has 0 atom stereocenters. The summed E-state index contributed by atoms with van der Waals surface area (Å²) in [6.07, 6.45) is 1.02. The number of ether oxygens (including phenoxy) is 2. The number of esters is 1. The normalized spacial score (nSPS) is 12.6. The average molecular weight is 217 g/mol. The summed E-state index contributed by atoms with van der Waals surface area (Å²) >= 11 is 0. The number of hydrogen-bond acceptors (Lipinski definition) is 5. The second kappa shape index (κ2) is 6.23. The maximum Gasteiger partial charge on any atom is 0.338 e. The Morgan fingerprint density at radius 2 is 1.93 bits per heavy atom. The summed E-state index contributed by atoms with van der Waals surface area (Å²) in [6.45, 7) is 3.71. The van der Waals surface area contributed by atoms with Crippen LogP contribution in [0.5, 0.6) is 0 Å². The molecular formula is C9H19N3O3. The summed E-state index contributed by atoms with van der Waals surface area (Å²) in [5.41, 5.74) is 4.42. The molecule has 0 amide bonds. The Hall–Kier alpha value is -1.30. The minimum absolute atomic E-state index is 0.0211. The zero-order valence-corrected chi connectivity index (χ0v) is 9.45. The molecule has 0 spiro atoms. The zero-order valence-electron chi connectivity index (χ0n) is 9.45. The fraction of sp³-hybridized carbons (Fsp3) is 0.778. The lowest BCUT2D eigenvalue weighted by Crippen LogP contribution is -2.43. The van der Waals surface area contributed by atoms with E-state index in [0.717, 1.165) is 0 Å². The Kier molecular flexibility index (Phi) is 5.69. The molecule has 0 bridgehead atoms. The second-order valence-corrected chi connectivity index (χ2v) is 3.10. The van der Waals surface area contributed by atoms with Crippen LogP contribution in [0.4, 0.5) is 0 Å². The highest BCUT2D eigenvalue weighted by atomic mass is 16.6. The first-order chi connectivity index (χ1) is 7.06. The van der Waals surface area contributed by atoms with E-state index in [9.17, 15) is 4.79 Å². The van der Waals surface area contributed by atoms with Crippen LogP contribution in [0.25, 0.3) is 0 Å². The molecule has 88 valence electrons. The van der Waals surface area contributed by atoms with Gasteiger partial charge in [0, 0.05) is 0 Å². The van der Waals surface area contributed by atoms with Gasteiger partial charge in [-0.2, -0.15) is 5.10 Å². The van der Waals surface area contributed by atoms with Crippen LogP contribution < -0.4 is 11.6 Å². The molecule has 0 fully saturated rings. The SMILES string of the molecule is CCC(CC)(OC/C(N)=N/N)C(=O)OC. The van der Waals surface area contributed by atoms with Crippen LogP contribution in [0.2, 0.25) is 0 Å². The average Bonchev–Trinajstić information content (AvgIpc) is 2.29. The van der Waals surface area contributed by atoms with Gasteiger partial charge in [-0.25, -0.2) is 4.79 Å². The van der Waals surface area contributed by atoms with E-state index in [0.29, 0.717) is 12.8 Å². The van der Waals surface area contributed by atoms with Crippen LogP contribution in [0.15, 0.2) is 5.10 Å². The van der Waals surface area contributed by atoms with Gasteiger partial charge < -0.3 is 21.1 Å². The Morgan fingerprint density at radius 3 is 2.27 bits per heavy atom. The van der Waals surface area contributed by atoms with Crippen LogP contribution in [-0.2, 0) is 14.3 Å². The van der Waals surface area contributed by atoms with E-state index < -0.39 is 11.6 Å². The third kappa shape index (κ3) is 3.39. The molecule has 0 aromatic rings. The van der Waals surface area contributed by atoms with Crippen molar-refractivity contribution in [3.63, 3.8) is 0 Å². The molecule has 0 saturated heterocycles. The summed E-state index contributed by atoms with van der Waals surface area (Å²) in [7, 11) is 1.33. The Morgan fingerprint density at radius 1 is 1.40 bits per heavy atom. The van der Waals surface area contributed by atoms with E-state index in [4.69, 9.17) is 16.3 Å². The monoisotopic (exact) mass is 217 g/mol. The first-order valence-corrected chi connectivity index (χ1v) is 4.80. The fourth-order valence-electron chi connectivity index (χ4n) is 1.24. The summed E-state index contributed by atoms with van der Waals surface area (Å²) in [4.78, 5) is 11.5. The Labute approximate surface area is 89.6 Å². The number of hydrazone groups is 1. The topological polar surface area (TPSA) is 99.9 Å². The number of carbonyl (C=O) groups is 1. The molecule has 0 heterocycles. The van der Waals surface area contributed by atoms with Gasteiger partial charge in [0.2, 0.25) is 0 Å². The standard InChI is InChI=1S/C9H19N3O3/c1-4-9(5-2,8(13)14-3)15-6-7(10)12-11/h4-6,11H2,1-3H3,(H2,10,12). The first kappa shape index (κ1) is 13.7. The van der Waals surface area contributed by atoms with Gasteiger partial charge in [-0.3, -0.25) is 0 Å². The smallest absolute Gasteiger partial charge is 0.338 e. The molecule has 15 heavy (non-hydrogen) atoms. The van der Waals surface area contributed by atoms with Gasteiger partial charge in [0.25, 0.3) is 0 Å². The van der Waals surface area contributed by atoms with E-state index in [1.807, 2.05) is 13.8 Å². The number of nitrogens with two attached hydrogens (primary N) is 2. The molecule has 0 aliphatic heterocycles. The molecule has 0 radical (unpaired) electrons. The lowest BCUT2D eigenvalue weighted by Gasteiger charge is -2.28. The van der Waals surface area contributed by atoms with Crippen molar-refractivity contribution in [3.05, 3.63) is 0 Å². The molecular weight excluding hydrogens is 198 g/mol. The van der Waals surface area contributed by atoms with E-state index >= 15 is 0 Å². The fourth-order valence-corrected chi connectivity index (χ4v) is 1.24. The molecule has 0 saturated carbocycles. The highest BCUT2D eigenvalue weighted by Gasteiger charge is 2.37. The summed E-state index contributed by atoms with van der Waals surface area (Å²) in [5.74, 6) is 4.70. The summed E-state index contributed by atoms with van der Waals surface area (Å²) < 4.78 is 10.1. The molecule has 0 aliphatic rings. The van der Waals surface area contributed by atoms with Crippen molar-refractivity contribution in [2.24, 2.45) is 16.7 Å². The molecule has 0 aromatic carbocycles. The van der Waals surface area contributed by atoms with E-state index in [-0.39, 0.29) is 12.4 Å². The van der Waals surface area contributed by atoms with Gasteiger partial charge in [-0.1, -0.05) is 13.8 Å². The minimum atomic E-state index is -0.954. The second-order valence-electron chi connectivity index (χ2n) is 3.10. The number of rotatable bonds is 6. The molecule has 0 unspecified atom stereocenters. The molecule has 6 nitrogen and oxygen atoms in total. The van der Waals surface area contributed by atoms with Crippen molar-refractivity contribution in [2.45, 2.75) is 32.3 Å². The van der Waals surface area contributed by atoms with Gasteiger partial charge in [0.05, 0.1) is 7.11 Å². The Balaban J connectivity index is 4.57.